The molecule has 3 amide bonds. The van der Waals surface area contributed by atoms with Crippen molar-refractivity contribution in [1.29, 1.82) is 0 Å². The van der Waals surface area contributed by atoms with Crippen molar-refractivity contribution in [2.24, 2.45) is 5.92 Å². The van der Waals surface area contributed by atoms with Gasteiger partial charge in [-0.25, -0.2) is 4.79 Å². The Morgan fingerprint density at radius 2 is 1.75 bits per heavy atom. The number of nitrogens with zero attached hydrogens (tertiary/aromatic N) is 1. The van der Waals surface area contributed by atoms with E-state index in [1.54, 1.807) is 41.6 Å². The summed E-state index contributed by atoms with van der Waals surface area (Å²) < 4.78 is 41.1. The highest BCUT2D eigenvalue weighted by atomic mass is 19.4. The van der Waals surface area contributed by atoms with Crippen LogP contribution in [0.25, 0.3) is 0 Å². The lowest BCUT2D eigenvalue weighted by molar-refractivity contribution is -0.125. The second kappa shape index (κ2) is 9.54. The number of nitrogens with one attached hydrogen (secondary N) is 2. The van der Waals surface area contributed by atoms with E-state index in [-0.39, 0.29) is 18.2 Å². The molecule has 154 valence electrons. The number of urea groups is 1. The first kappa shape index (κ1) is 21.7. The summed E-state index contributed by atoms with van der Waals surface area (Å²) in [4.78, 5) is 37.3. The lowest BCUT2D eigenvalue weighted by Crippen LogP contribution is -2.48. The predicted octanol–water partition coefficient (Wildman–Crippen LogP) is 1.98. The van der Waals surface area contributed by atoms with Crippen molar-refractivity contribution in [2.75, 3.05) is 33.3 Å². The normalized spacial score (nSPS) is 15.7. The largest absolute Gasteiger partial charge is 0.497 e. The summed E-state index contributed by atoms with van der Waals surface area (Å²) in [6.45, 7) is -0.678. The molecule has 1 saturated heterocycles. The molecule has 0 aliphatic carbocycles. The molecule has 1 aromatic carbocycles. The van der Waals surface area contributed by atoms with Crippen LogP contribution in [0.3, 0.4) is 0 Å². The first-order valence-corrected chi connectivity index (χ1v) is 8.73. The van der Waals surface area contributed by atoms with Crippen molar-refractivity contribution in [3.8, 4) is 5.75 Å². The van der Waals surface area contributed by atoms with Gasteiger partial charge in [-0.15, -0.1) is 0 Å². The van der Waals surface area contributed by atoms with Gasteiger partial charge in [-0.1, -0.05) is 0 Å². The third-order valence-corrected chi connectivity index (χ3v) is 4.40. The standard InChI is InChI=1S/C18H22F3N3O4/c1-28-14-4-2-12(3-5-14)16(26)13-6-8-24(9-7-13)10-15(25)23-17(27)22-11-18(19,20)21/h2-5,13H,6-11H2,1H3,(H2,22,23,25,27). The number of carbonyl (C=O) groups is 3. The molecule has 28 heavy (non-hydrogen) atoms. The van der Waals surface area contributed by atoms with Gasteiger partial charge in [0, 0.05) is 11.5 Å². The summed E-state index contributed by atoms with van der Waals surface area (Å²) >= 11 is 0. The van der Waals surface area contributed by atoms with Crippen LogP contribution in [0.4, 0.5) is 18.0 Å². The smallest absolute Gasteiger partial charge is 0.405 e. The van der Waals surface area contributed by atoms with Crippen LogP contribution in [-0.4, -0.2) is 62.1 Å². The molecule has 2 rings (SSSR count). The van der Waals surface area contributed by atoms with E-state index >= 15 is 0 Å². The number of hydrogen-bond donors (Lipinski definition) is 2. The minimum absolute atomic E-state index is 0.0262. The summed E-state index contributed by atoms with van der Waals surface area (Å²) in [7, 11) is 1.54. The molecule has 0 spiro atoms. The second-order valence-corrected chi connectivity index (χ2v) is 6.49. The topological polar surface area (TPSA) is 87.7 Å². The maximum atomic E-state index is 12.5. The van der Waals surface area contributed by atoms with E-state index in [0.717, 1.165) is 0 Å². The molecule has 1 fully saturated rings. The summed E-state index contributed by atoms with van der Waals surface area (Å²) in [5.74, 6) is -0.169. The molecular weight excluding hydrogens is 379 g/mol. The van der Waals surface area contributed by atoms with E-state index in [1.165, 1.54) is 0 Å². The number of methoxy groups -OCH3 is 1. The minimum atomic E-state index is -4.54. The highest BCUT2D eigenvalue weighted by Gasteiger charge is 2.29. The molecule has 2 N–H and O–H groups in total. The Labute approximate surface area is 160 Å². The summed E-state index contributed by atoms with van der Waals surface area (Å²) in [5.41, 5.74) is 0.596. The minimum Gasteiger partial charge on any atom is -0.497 e. The van der Waals surface area contributed by atoms with E-state index in [0.29, 0.717) is 37.2 Å². The van der Waals surface area contributed by atoms with Gasteiger partial charge in [0.05, 0.1) is 13.7 Å². The molecule has 7 nitrogen and oxygen atoms in total. The van der Waals surface area contributed by atoms with E-state index < -0.39 is 24.7 Å². The Balaban J connectivity index is 1.74. The highest BCUT2D eigenvalue weighted by molar-refractivity contribution is 5.98. The molecule has 0 atom stereocenters. The average Bonchev–Trinajstić information content (AvgIpc) is 2.66. The Bertz CT molecular complexity index is 699. The van der Waals surface area contributed by atoms with Crippen molar-refractivity contribution in [3.63, 3.8) is 0 Å². The van der Waals surface area contributed by atoms with Gasteiger partial charge in [0.1, 0.15) is 12.3 Å². The predicted molar refractivity (Wildman–Crippen MR) is 94.1 cm³/mol. The van der Waals surface area contributed by atoms with Gasteiger partial charge in [0.25, 0.3) is 0 Å². The number of rotatable bonds is 6. The van der Waals surface area contributed by atoms with E-state index in [4.69, 9.17) is 4.74 Å². The van der Waals surface area contributed by atoms with Crippen LogP contribution >= 0.6 is 0 Å². The molecule has 0 saturated carbocycles. The zero-order valence-electron chi connectivity index (χ0n) is 15.3. The number of alkyl halides is 3. The molecule has 1 aromatic rings. The molecule has 0 aromatic heterocycles. The summed E-state index contributed by atoms with van der Waals surface area (Å²) in [6, 6.07) is 5.67. The number of imide groups is 1. The SMILES string of the molecule is COc1ccc(C(=O)C2CCN(CC(=O)NC(=O)NCC(F)(F)F)CC2)cc1. The number of likely N-dealkylation sites (tertiary alicyclic amines) is 1. The van der Waals surface area contributed by atoms with Gasteiger partial charge in [0.2, 0.25) is 5.91 Å². The third-order valence-electron chi connectivity index (χ3n) is 4.40. The van der Waals surface area contributed by atoms with Gasteiger partial charge in [0.15, 0.2) is 5.78 Å². The number of halogens is 3. The Hall–Kier alpha value is -2.62. The number of benzene rings is 1. The molecule has 1 aliphatic rings. The first-order valence-electron chi connectivity index (χ1n) is 8.73. The van der Waals surface area contributed by atoms with Crippen LogP contribution in [0.1, 0.15) is 23.2 Å². The van der Waals surface area contributed by atoms with E-state index in [1.807, 2.05) is 5.32 Å². The number of ether oxygens (including phenoxy) is 1. The number of hydrogen-bond acceptors (Lipinski definition) is 5. The van der Waals surface area contributed by atoms with Crippen molar-refractivity contribution in [1.82, 2.24) is 15.5 Å². The second-order valence-electron chi connectivity index (χ2n) is 6.49. The van der Waals surface area contributed by atoms with Crippen molar-refractivity contribution < 1.29 is 32.3 Å². The van der Waals surface area contributed by atoms with Gasteiger partial charge >= 0.3 is 12.2 Å². The maximum Gasteiger partial charge on any atom is 0.405 e. The zero-order valence-corrected chi connectivity index (χ0v) is 15.3. The van der Waals surface area contributed by atoms with Crippen LogP contribution in [-0.2, 0) is 4.79 Å². The highest BCUT2D eigenvalue weighted by Crippen LogP contribution is 2.23. The molecule has 10 heteroatoms. The average molecular weight is 401 g/mol. The Morgan fingerprint density at radius 3 is 2.29 bits per heavy atom. The number of ketones is 1. The summed E-state index contributed by atoms with van der Waals surface area (Å²) in [5, 5.41) is 3.43. The monoisotopic (exact) mass is 401 g/mol. The van der Waals surface area contributed by atoms with Crippen molar-refractivity contribution in [3.05, 3.63) is 29.8 Å². The molecule has 0 bridgehead atoms. The molecule has 0 unspecified atom stereocenters. The van der Waals surface area contributed by atoms with Crippen LogP contribution < -0.4 is 15.4 Å². The fourth-order valence-electron chi connectivity index (χ4n) is 2.94. The molecule has 1 heterocycles. The molecule has 0 radical (unpaired) electrons. The molecule has 1 aliphatic heterocycles. The Kier molecular flexibility index (Phi) is 7.38. The van der Waals surface area contributed by atoms with E-state index in [2.05, 4.69) is 0 Å². The van der Waals surface area contributed by atoms with Gasteiger partial charge < -0.3 is 10.1 Å². The fraction of sp³-hybridized carbons (Fsp3) is 0.500. The number of Topliss-reactive ketones (excluding diaryl/α,β-unsaturated/α-hetero) is 1. The molecular formula is C18H22F3N3O4. The number of carbonyl (C=O) groups excluding carboxylic acids is 3. The third kappa shape index (κ3) is 6.84. The number of amides is 3. The number of piperidine rings is 1. The van der Waals surface area contributed by atoms with Gasteiger partial charge in [-0.3, -0.25) is 19.8 Å². The quantitative estimate of drug-likeness (QED) is 0.712. The zero-order chi connectivity index (χ0) is 20.7. The fourth-order valence-corrected chi connectivity index (χ4v) is 2.94. The first-order chi connectivity index (χ1) is 13.2. The van der Waals surface area contributed by atoms with Gasteiger partial charge in [-0.05, 0) is 50.2 Å². The van der Waals surface area contributed by atoms with Crippen LogP contribution in [0.2, 0.25) is 0 Å². The van der Waals surface area contributed by atoms with Crippen molar-refractivity contribution in [2.45, 2.75) is 19.0 Å². The lowest BCUT2D eigenvalue weighted by Gasteiger charge is -2.30. The van der Waals surface area contributed by atoms with Crippen LogP contribution in [0, 0.1) is 5.92 Å². The maximum absolute atomic E-state index is 12.5. The lowest BCUT2D eigenvalue weighted by atomic mass is 9.89. The summed E-state index contributed by atoms with van der Waals surface area (Å²) in [6.07, 6.45) is -3.44. The van der Waals surface area contributed by atoms with E-state index in [9.17, 15) is 27.6 Å². The van der Waals surface area contributed by atoms with Crippen LogP contribution in [0.5, 0.6) is 5.75 Å². The Morgan fingerprint density at radius 1 is 1.14 bits per heavy atom. The van der Waals surface area contributed by atoms with Crippen LogP contribution in [0.15, 0.2) is 24.3 Å². The van der Waals surface area contributed by atoms with Crippen molar-refractivity contribution >= 4 is 17.7 Å². The van der Waals surface area contributed by atoms with Gasteiger partial charge in [-0.2, -0.15) is 13.2 Å².